The smallest absolute Gasteiger partial charge is 0.251 e. The van der Waals surface area contributed by atoms with Gasteiger partial charge in [0.05, 0.1) is 12.7 Å². The number of fused-ring (bicyclic) bond motifs is 2. The van der Waals surface area contributed by atoms with Gasteiger partial charge in [0.1, 0.15) is 0 Å². The first-order valence-corrected chi connectivity index (χ1v) is 7.76. The first-order chi connectivity index (χ1) is 10.8. The van der Waals surface area contributed by atoms with Crippen molar-refractivity contribution >= 4 is 16.8 Å². The van der Waals surface area contributed by atoms with Crippen molar-refractivity contribution in [2.45, 2.75) is 18.6 Å². The maximum Gasteiger partial charge on any atom is 0.251 e. The van der Waals surface area contributed by atoms with Gasteiger partial charge in [0, 0.05) is 54.3 Å². The number of H-pyrrole nitrogens is 1. The molecule has 4 atom stereocenters. The maximum absolute atomic E-state index is 12.5. The summed E-state index contributed by atoms with van der Waals surface area (Å²) >= 11 is 0. The first-order valence-electron chi connectivity index (χ1n) is 7.76. The molecule has 1 amide bonds. The van der Waals surface area contributed by atoms with Gasteiger partial charge in [-0.1, -0.05) is 0 Å². The van der Waals surface area contributed by atoms with Crippen LogP contribution in [-0.4, -0.2) is 43.4 Å². The molecule has 0 unspecified atom stereocenters. The van der Waals surface area contributed by atoms with E-state index >= 15 is 0 Å². The molecule has 0 spiro atoms. The summed E-state index contributed by atoms with van der Waals surface area (Å²) in [5.41, 5.74) is 1.74. The van der Waals surface area contributed by atoms with Crippen LogP contribution in [0.5, 0.6) is 0 Å². The summed E-state index contributed by atoms with van der Waals surface area (Å²) in [4.78, 5) is 15.7. The Kier molecular flexibility index (Phi) is 3.39. The van der Waals surface area contributed by atoms with Gasteiger partial charge in [-0.3, -0.25) is 4.79 Å². The molecule has 1 aliphatic carbocycles. The van der Waals surface area contributed by atoms with Gasteiger partial charge in [0.15, 0.2) is 0 Å². The molecule has 4 rings (SSSR count). The van der Waals surface area contributed by atoms with E-state index < -0.39 is 0 Å². The lowest BCUT2D eigenvalue weighted by Crippen LogP contribution is -2.62. The Labute approximate surface area is 129 Å². The highest BCUT2D eigenvalue weighted by molar-refractivity contribution is 5.98. The van der Waals surface area contributed by atoms with Gasteiger partial charge in [0.25, 0.3) is 5.91 Å². The molecule has 1 saturated heterocycles. The number of amides is 1. The summed E-state index contributed by atoms with van der Waals surface area (Å²) in [6, 6.07) is 7.86. The lowest BCUT2D eigenvalue weighted by Gasteiger charge is -2.47. The molecule has 2 aliphatic rings. The minimum absolute atomic E-state index is 0.0143. The van der Waals surface area contributed by atoms with Gasteiger partial charge in [-0.15, -0.1) is 0 Å². The zero-order valence-electron chi connectivity index (χ0n) is 12.5. The number of nitrogens with one attached hydrogen (secondary N) is 2. The summed E-state index contributed by atoms with van der Waals surface area (Å²) in [6.45, 7) is 1.42. The van der Waals surface area contributed by atoms with Crippen LogP contribution in [0.1, 0.15) is 16.8 Å². The third-order valence-corrected chi connectivity index (χ3v) is 5.00. The Hall–Kier alpha value is -1.85. The molecular weight excluding hydrogens is 280 g/mol. The van der Waals surface area contributed by atoms with E-state index in [1.54, 1.807) is 7.11 Å². The topological polar surface area (TPSA) is 63.3 Å². The van der Waals surface area contributed by atoms with Gasteiger partial charge in [0.2, 0.25) is 0 Å². The third-order valence-electron chi connectivity index (χ3n) is 5.00. The Balaban J connectivity index is 1.50. The summed E-state index contributed by atoms with van der Waals surface area (Å²) < 4.78 is 11.0. The second-order valence-corrected chi connectivity index (χ2v) is 6.19. The van der Waals surface area contributed by atoms with E-state index in [9.17, 15) is 4.79 Å². The molecule has 2 aromatic rings. The Morgan fingerprint density at radius 3 is 3.23 bits per heavy atom. The number of ether oxygens (including phenoxy) is 2. The van der Waals surface area contributed by atoms with Crippen LogP contribution in [0.3, 0.4) is 0 Å². The SMILES string of the molecule is COC[C@@H]1[C@@H](NC(=O)c2ccc3[nH]ccc3c2)[C@@H]2CCO[C@H]12. The van der Waals surface area contributed by atoms with E-state index in [0.717, 1.165) is 23.9 Å². The average Bonchev–Trinajstić information content (AvgIpc) is 3.16. The highest BCUT2D eigenvalue weighted by Gasteiger charge is 2.54. The largest absolute Gasteiger partial charge is 0.384 e. The monoisotopic (exact) mass is 300 g/mol. The van der Waals surface area contributed by atoms with Crippen molar-refractivity contribution in [3.63, 3.8) is 0 Å². The summed E-state index contributed by atoms with van der Waals surface area (Å²) in [5, 5.41) is 4.24. The van der Waals surface area contributed by atoms with E-state index in [4.69, 9.17) is 9.47 Å². The fourth-order valence-corrected chi connectivity index (χ4v) is 3.86. The van der Waals surface area contributed by atoms with E-state index in [1.165, 1.54) is 0 Å². The zero-order chi connectivity index (χ0) is 15.1. The molecule has 0 radical (unpaired) electrons. The van der Waals surface area contributed by atoms with E-state index in [-0.39, 0.29) is 24.0 Å². The predicted molar refractivity (Wildman–Crippen MR) is 82.8 cm³/mol. The molecule has 22 heavy (non-hydrogen) atoms. The first kappa shape index (κ1) is 13.8. The number of methoxy groups -OCH3 is 1. The van der Waals surface area contributed by atoms with Crippen LogP contribution in [0, 0.1) is 11.8 Å². The van der Waals surface area contributed by atoms with Crippen LogP contribution in [0.4, 0.5) is 0 Å². The molecular formula is C17H20N2O3. The number of aromatic nitrogens is 1. The zero-order valence-corrected chi connectivity index (χ0v) is 12.5. The normalized spacial score (nSPS) is 30.0. The van der Waals surface area contributed by atoms with Crippen LogP contribution >= 0.6 is 0 Å². The number of benzene rings is 1. The van der Waals surface area contributed by atoms with Crippen molar-refractivity contribution in [1.82, 2.24) is 10.3 Å². The minimum Gasteiger partial charge on any atom is -0.384 e. The summed E-state index contributed by atoms with van der Waals surface area (Å²) in [6.07, 6.45) is 3.15. The quantitative estimate of drug-likeness (QED) is 0.907. The van der Waals surface area contributed by atoms with Gasteiger partial charge in [-0.2, -0.15) is 0 Å². The molecule has 1 aromatic heterocycles. The molecule has 5 nitrogen and oxygen atoms in total. The van der Waals surface area contributed by atoms with Crippen molar-refractivity contribution in [2.75, 3.05) is 20.3 Å². The molecule has 1 aromatic carbocycles. The highest BCUT2D eigenvalue weighted by Crippen LogP contribution is 2.43. The lowest BCUT2D eigenvalue weighted by molar-refractivity contribution is -0.0809. The van der Waals surface area contributed by atoms with Crippen LogP contribution in [0.2, 0.25) is 0 Å². The number of aromatic amines is 1. The fourth-order valence-electron chi connectivity index (χ4n) is 3.86. The van der Waals surface area contributed by atoms with Gasteiger partial charge < -0.3 is 19.8 Å². The van der Waals surface area contributed by atoms with Crippen LogP contribution in [0.25, 0.3) is 10.9 Å². The molecule has 2 N–H and O–H groups in total. The highest BCUT2D eigenvalue weighted by atomic mass is 16.5. The third kappa shape index (κ3) is 2.12. The van der Waals surface area contributed by atoms with Gasteiger partial charge in [-0.25, -0.2) is 0 Å². The fraction of sp³-hybridized carbons (Fsp3) is 0.471. The van der Waals surface area contributed by atoms with E-state index in [1.807, 2.05) is 30.5 Å². The standard InChI is InChI=1S/C17H20N2O3/c1-21-9-13-15(12-5-7-22-16(12)13)19-17(20)11-2-3-14-10(8-11)4-6-18-14/h2-4,6,8,12-13,15-16,18H,5,7,9H2,1H3,(H,19,20)/t12-,13+,15-,16-/m0/s1. The van der Waals surface area contributed by atoms with Crippen molar-refractivity contribution in [2.24, 2.45) is 11.8 Å². The predicted octanol–water partition coefficient (Wildman–Crippen LogP) is 1.95. The maximum atomic E-state index is 12.5. The van der Waals surface area contributed by atoms with Crippen molar-refractivity contribution in [1.29, 1.82) is 0 Å². The Morgan fingerprint density at radius 2 is 2.36 bits per heavy atom. The average molecular weight is 300 g/mol. The van der Waals surface area contributed by atoms with Gasteiger partial charge in [-0.05, 0) is 30.7 Å². The molecule has 2 heterocycles. The van der Waals surface area contributed by atoms with Gasteiger partial charge >= 0.3 is 0 Å². The van der Waals surface area contributed by atoms with E-state index in [0.29, 0.717) is 18.1 Å². The second-order valence-electron chi connectivity index (χ2n) is 6.19. The minimum atomic E-state index is -0.0143. The van der Waals surface area contributed by atoms with Crippen LogP contribution in [-0.2, 0) is 9.47 Å². The lowest BCUT2D eigenvalue weighted by atomic mass is 9.67. The number of rotatable bonds is 4. The molecule has 1 aliphatic heterocycles. The summed E-state index contributed by atoms with van der Waals surface area (Å²) in [7, 11) is 1.70. The Bertz CT molecular complexity index is 696. The molecule has 116 valence electrons. The van der Waals surface area contributed by atoms with Crippen LogP contribution < -0.4 is 5.32 Å². The second kappa shape index (κ2) is 5.41. The Morgan fingerprint density at radius 1 is 1.45 bits per heavy atom. The number of hydrogen-bond acceptors (Lipinski definition) is 3. The molecule has 5 heteroatoms. The molecule has 0 bridgehead atoms. The number of carbonyl (C=O) groups is 1. The number of carbonyl (C=O) groups excluding carboxylic acids is 1. The van der Waals surface area contributed by atoms with Crippen molar-refractivity contribution < 1.29 is 14.3 Å². The molecule has 1 saturated carbocycles. The summed E-state index contributed by atoms with van der Waals surface area (Å²) in [5.74, 6) is 0.678. The van der Waals surface area contributed by atoms with Crippen LogP contribution in [0.15, 0.2) is 30.5 Å². The number of hydrogen-bond donors (Lipinski definition) is 2. The van der Waals surface area contributed by atoms with Crippen molar-refractivity contribution in [3.8, 4) is 0 Å². The van der Waals surface area contributed by atoms with Crippen molar-refractivity contribution in [3.05, 3.63) is 36.0 Å². The molecule has 2 fully saturated rings. The van der Waals surface area contributed by atoms with E-state index in [2.05, 4.69) is 10.3 Å².